The van der Waals surface area contributed by atoms with Crippen molar-refractivity contribution >= 4 is 39.0 Å². The summed E-state index contributed by atoms with van der Waals surface area (Å²) < 4.78 is 13.9. The molecule has 0 aliphatic rings. The number of fused-ring (bicyclic) bond motifs is 1. The van der Waals surface area contributed by atoms with Gasteiger partial charge in [-0.1, -0.05) is 41.9 Å². The Hall–Kier alpha value is -3.98. The van der Waals surface area contributed by atoms with E-state index in [9.17, 15) is 14.7 Å². The Morgan fingerprint density at radius 1 is 1.11 bits per heavy atom. The van der Waals surface area contributed by atoms with Gasteiger partial charge in [0.05, 0.1) is 29.3 Å². The Bertz CT molecular complexity index is 1560. The third-order valence-corrected chi connectivity index (χ3v) is 6.54. The third-order valence-electron chi connectivity index (χ3n) is 6.04. The summed E-state index contributed by atoms with van der Waals surface area (Å²) in [7, 11) is 0. The summed E-state index contributed by atoms with van der Waals surface area (Å²) in [5.41, 5.74) is 2.03. The molecule has 196 valence electrons. The smallest absolute Gasteiger partial charge is 0.335 e. The molecular formula is C29H28BrN3O5. The van der Waals surface area contributed by atoms with Gasteiger partial charge in [-0.25, -0.2) is 9.78 Å². The first kappa shape index (κ1) is 27.1. The molecule has 1 atom stereocenters. The lowest BCUT2D eigenvalue weighted by atomic mass is 10.1. The molecule has 4 rings (SSSR count). The SMILES string of the molecule is CCOc1cc(C=Nn2c([C@H](C)CC)nc3ccc(Br)cc3c2=O)ccc1OCc1cccc(C(=O)O)c1. The molecule has 38 heavy (non-hydrogen) atoms. The molecule has 1 N–H and O–H groups in total. The quantitative estimate of drug-likeness (QED) is 0.224. The van der Waals surface area contributed by atoms with Gasteiger partial charge in [-0.15, -0.1) is 0 Å². The lowest BCUT2D eigenvalue weighted by Gasteiger charge is -2.14. The zero-order valence-corrected chi connectivity index (χ0v) is 22.9. The molecule has 1 heterocycles. The fourth-order valence-electron chi connectivity index (χ4n) is 3.85. The Kier molecular flexibility index (Phi) is 8.58. The number of rotatable bonds is 10. The highest BCUT2D eigenvalue weighted by atomic mass is 79.9. The van der Waals surface area contributed by atoms with Crippen molar-refractivity contribution in [3.8, 4) is 11.5 Å². The van der Waals surface area contributed by atoms with Gasteiger partial charge < -0.3 is 14.6 Å². The third kappa shape index (κ3) is 6.11. The van der Waals surface area contributed by atoms with Crippen molar-refractivity contribution in [2.75, 3.05) is 6.61 Å². The van der Waals surface area contributed by atoms with Crippen molar-refractivity contribution in [2.24, 2.45) is 5.10 Å². The monoisotopic (exact) mass is 577 g/mol. The number of carboxylic acids is 1. The molecule has 0 saturated heterocycles. The molecule has 9 heteroatoms. The highest BCUT2D eigenvalue weighted by Crippen LogP contribution is 2.29. The van der Waals surface area contributed by atoms with Crippen molar-refractivity contribution in [2.45, 2.75) is 39.7 Å². The molecular weight excluding hydrogens is 550 g/mol. The van der Waals surface area contributed by atoms with E-state index in [2.05, 4.69) is 21.0 Å². The van der Waals surface area contributed by atoms with Crippen LogP contribution >= 0.6 is 15.9 Å². The van der Waals surface area contributed by atoms with Crippen LogP contribution in [0.15, 0.2) is 75.0 Å². The van der Waals surface area contributed by atoms with Crippen LogP contribution in [0.5, 0.6) is 11.5 Å². The topological polar surface area (TPSA) is 103 Å². The average Bonchev–Trinajstić information content (AvgIpc) is 2.92. The molecule has 8 nitrogen and oxygen atoms in total. The molecule has 0 spiro atoms. The van der Waals surface area contributed by atoms with Gasteiger partial charge in [-0.05, 0) is 73.0 Å². The lowest BCUT2D eigenvalue weighted by molar-refractivity contribution is 0.0696. The van der Waals surface area contributed by atoms with E-state index < -0.39 is 5.97 Å². The second-order valence-corrected chi connectivity index (χ2v) is 9.65. The number of benzene rings is 3. The second-order valence-electron chi connectivity index (χ2n) is 8.74. The van der Waals surface area contributed by atoms with E-state index in [1.54, 1.807) is 42.6 Å². The van der Waals surface area contributed by atoms with Crippen molar-refractivity contribution < 1.29 is 19.4 Å². The number of ether oxygens (including phenoxy) is 2. The van der Waals surface area contributed by atoms with Crippen LogP contribution in [-0.4, -0.2) is 33.6 Å². The first-order chi connectivity index (χ1) is 18.3. The molecule has 0 saturated carbocycles. The van der Waals surface area contributed by atoms with Crippen LogP contribution in [0.25, 0.3) is 10.9 Å². The number of carbonyl (C=O) groups is 1. The minimum atomic E-state index is -0.990. The van der Waals surface area contributed by atoms with E-state index in [0.717, 1.165) is 16.5 Å². The standard InChI is InChI=1S/C29H28BrN3O5/c1-4-18(3)27-32-24-11-10-22(30)15-23(24)28(34)33(27)31-16-19-9-12-25(26(14-19)37-5-2)38-17-20-7-6-8-21(13-20)29(35)36/h6-16,18H,4-5,17H2,1-3H3,(H,35,36)/t18-/m1/s1. The van der Waals surface area contributed by atoms with Crippen molar-refractivity contribution in [3.63, 3.8) is 0 Å². The summed E-state index contributed by atoms with van der Waals surface area (Å²) in [6, 6.07) is 17.4. The van der Waals surface area contributed by atoms with Crippen LogP contribution in [0.4, 0.5) is 0 Å². The Labute approximate surface area is 228 Å². The summed E-state index contributed by atoms with van der Waals surface area (Å²) in [6.07, 6.45) is 2.40. The van der Waals surface area contributed by atoms with Gasteiger partial charge in [0.1, 0.15) is 12.4 Å². The lowest BCUT2D eigenvalue weighted by Crippen LogP contribution is -2.23. The molecule has 3 aromatic carbocycles. The first-order valence-corrected chi connectivity index (χ1v) is 13.1. The normalized spacial score (nSPS) is 12.1. The van der Waals surface area contributed by atoms with Gasteiger partial charge >= 0.3 is 5.97 Å². The van der Waals surface area contributed by atoms with Crippen molar-refractivity contribution in [1.82, 2.24) is 9.66 Å². The molecule has 1 aromatic heterocycles. The average molecular weight is 578 g/mol. The molecule has 4 aromatic rings. The van der Waals surface area contributed by atoms with Gasteiger partial charge in [0, 0.05) is 10.4 Å². The Morgan fingerprint density at radius 3 is 2.66 bits per heavy atom. The van der Waals surface area contributed by atoms with E-state index >= 15 is 0 Å². The maximum absolute atomic E-state index is 13.4. The number of hydrogen-bond acceptors (Lipinski definition) is 6. The number of aromatic nitrogens is 2. The summed E-state index contributed by atoms with van der Waals surface area (Å²) in [5.74, 6) is 0.662. The Morgan fingerprint density at radius 2 is 1.92 bits per heavy atom. The van der Waals surface area contributed by atoms with E-state index in [-0.39, 0.29) is 23.6 Å². The number of carboxylic acid groups (broad SMARTS) is 1. The van der Waals surface area contributed by atoms with Gasteiger partial charge in [0.25, 0.3) is 5.56 Å². The van der Waals surface area contributed by atoms with E-state index in [0.29, 0.717) is 40.4 Å². The Balaban J connectivity index is 1.65. The van der Waals surface area contributed by atoms with Gasteiger partial charge in [-0.3, -0.25) is 4.79 Å². The minimum Gasteiger partial charge on any atom is -0.490 e. The predicted octanol–water partition coefficient (Wildman–Crippen LogP) is 6.23. The molecule has 0 radical (unpaired) electrons. The van der Waals surface area contributed by atoms with Crippen LogP contribution in [0.1, 0.15) is 60.4 Å². The van der Waals surface area contributed by atoms with Crippen LogP contribution in [0, 0.1) is 0 Å². The van der Waals surface area contributed by atoms with Crippen molar-refractivity contribution in [3.05, 3.63) is 98.0 Å². The maximum atomic E-state index is 13.4. The van der Waals surface area contributed by atoms with Crippen molar-refractivity contribution in [1.29, 1.82) is 0 Å². The molecule has 0 aliphatic heterocycles. The highest BCUT2D eigenvalue weighted by molar-refractivity contribution is 9.10. The summed E-state index contributed by atoms with van der Waals surface area (Å²) in [5, 5.41) is 14.2. The second kappa shape index (κ2) is 12.0. The number of halogens is 1. The molecule has 0 aliphatic carbocycles. The minimum absolute atomic E-state index is 0.0299. The van der Waals surface area contributed by atoms with E-state index in [1.807, 2.05) is 39.0 Å². The number of hydrogen-bond donors (Lipinski definition) is 1. The highest BCUT2D eigenvalue weighted by Gasteiger charge is 2.16. The molecule has 0 amide bonds. The predicted molar refractivity (Wildman–Crippen MR) is 151 cm³/mol. The largest absolute Gasteiger partial charge is 0.490 e. The summed E-state index contributed by atoms with van der Waals surface area (Å²) >= 11 is 3.43. The summed E-state index contributed by atoms with van der Waals surface area (Å²) in [6.45, 7) is 6.54. The zero-order valence-electron chi connectivity index (χ0n) is 21.3. The summed E-state index contributed by atoms with van der Waals surface area (Å²) in [4.78, 5) is 29.3. The van der Waals surface area contributed by atoms with Crippen LogP contribution in [0.2, 0.25) is 0 Å². The van der Waals surface area contributed by atoms with Gasteiger partial charge in [0.2, 0.25) is 0 Å². The fraction of sp³-hybridized carbons (Fsp3) is 0.241. The van der Waals surface area contributed by atoms with Crippen LogP contribution < -0.4 is 15.0 Å². The van der Waals surface area contributed by atoms with Gasteiger partial charge in [0.15, 0.2) is 11.5 Å². The number of aromatic carboxylic acids is 1. The van der Waals surface area contributed by atoms with Crippen LogP contribution in [-0.2, 0) is 6.61 Å². The first-order valence-electron chi connectivity index (χ1n) is 12.3. The van der Waals surface area contributed by atoms with Gasteiger partial charge in [-0.2, -0.15) is 9.78 Å². The molecule has 0 fully saturated rings. The fourth-order valence-corrected chi connectivity index (χ4v) is 4.21. The zero-order chi connectivity index (χ0) is 27.2. The molecule has 0 unspecified atom stereocenters. The van der Waals surface area contributed by atoms with E-state index in [1.165, 1.54) is 10.7 Å². The van der Waals surface area contributed by atoms with Crippen LogP contribution in [0.3, 0.4) is 0 Å². The van der Waals surface area contributed by atoms with E-state index in [4.69, 9.17) is 14.5 Å². The number of nitrogens with zero attached hydrogens (tertiary/aromatic N) is 3. The molecule has 0 bridgehead atoms. The maximum Gasteiger partial charge on any atom is 0.335 e.